The van der Waals surface area contributed by atoms with Gasteiger partial charge in [-0.25, -0.2) is 10.2 Å². The van der Waals surface area contributed by atoms with Crippen molar-refractivity contribution in [2.24, 2.45) is 5.84 Å². The molecule has 0 aliphatic carbocycles. The number of amides is 1. The summed E-state index contributed by atoms with van der Waals surface area (Å²) >= 11 is 0. The van der Waals surface area contributed by atoms with Crippen LogP contribution in [-0.2, 0) is 6.42 Å². The molecule has 1 heterocycles. The predicted molar refractivity (Wildman–Crippen MR) is 76.9 cm³/mol. The highest BCUT2D eigenvalue weighted by Gasteiger charge is 2.12. The van der Waals surface area contributed by atoms with E-state index in [1.54, 1.807) is 18.2 Å². The summed E-state index contributed by atoms with van der Waals surface area (Å²) < 4.78 is 12.8. The highest BCUT2D eigenvalue weighted by atomic mass is 19.1. The first-order valence-electron chi connectivity index (χ1n) is 6.44. The van der Waals surface area contributed by atoms with Gasteiger partial charge in [0.1, 0.15) is 5.82 Å². The van der Waals surface area contributed by atoms with E-state index in [2.05, 4.69) is 20.9 Å². The Bertz CT molecular complexity index is 600. The first-order valence-corrected chi connectivity index (χ1v) is 6.44. The van der Waals surface area contributed by atoms with Gasteiger partial charge in [-0.15, -0.1) is 10.2 Å². The Labute approximate surface area is 121 Å². The quantitative estimate of drug-likeness (QED) is 0.569. The number of halogens is 1. The lowest BCUT2D eigenvalue weighted by Gasteiger charge is -2.13. The number of carbonyl (C=O) groups is 1. The molecule has 2 aromatic rings. The number of benzene rings is 1. The van der Waals surface area contributed by atoms with Gasteiger partial charge >= 0.3 is 0 Å². The molecule has 1 atom stereocenters. The molecular formula is C14H16FN5O. The number of aromatic nitrogens is 2. The molecule has 1 amide bonds. The number of hydrogen-bond donors (Lipinski definition) is 3. The average Bonchev–Trinajstić information content (AvgIpc) is 2.49. The van der Waals surface area contributed by atoms with Crippen LogP contribution >= 0.6 is 0 Å². The number of nitrogen functional groups attached to an aromatic ring is 1. The van der Waals surface area contributed by atoms with Crippen LogP contribution < -0.4 is 16.6 Å². The van der Waals surface area contributed by atoms with E-state index in [0.717, 1.165) is 5.56 Å². The minimum absolute atomic E-state index is 0.114. The third-order valence-electron chi connectivity index (χ3n) is 2.88. The first-order chi connectivity index (χ1) is 10.1. The van der Waals surface area contributed by atoms with Gasteiger partial charge in [0.25, 0.3) is 5.91 Å². The number of nitrogens with zero attached hydrogens (tertiary/aromatic N) is 2. The molecule has 0 aliphatic heterocycles. The number of nitrogens with one attached hydrogen (secondary N) is 2. The van der Waals surface area contributed by atoms with E-state index in [1.807, 2.05) is 6.92 Å². The van der Waals surface area contributed by atoms with Crippen molar-refractivity contribution in [2.45, 2.75) is 19.4 Å². The maximum Gasteiger partial charge on any atom is 0.272 e. The molecule has 0 bridgehead atoms. The monoisotopic (exact) mass is 289 g/mol. The van der Waals surface area contributed by atoms with E-state index in [9.17, 15) is 9.18 Å². The average molecular weight is 289 g/mol. The van der Waals surface area contributed by atoms with Gasteiger partial charge in [0.2, 0.25) is 0 Å². The van der Waals surface area contributed by atoms with Crippen molar-refractivity contribution in [1.82, 2.24) is 15.5 Å². The molecule has 4 N–H and O–H groups in total. The van der Waals surface area contributed by atoms with Crippen LogP contribution in [-0.4, -0.2) is 22.1 Å². The SMILES string of the molecule is CC(Cc1ccc(F)cc1)NC(=O)c1ccc(NN)nn1. The third-order valence-corrected chi connectivity index (χ3v) is 2.88. The smallest absolute Gasteiger partial charge is 0.272 e. The fourth-order valence-electron chi connectivity index (χ4n) is 1.85. The number of nitrogens with two attached hydrogens (primary N) is 1. The highest BCUT2D eigenvalue weighted by Crippen LogP contribution is 2.06. The van der Waals surface area contributed by atoms with Crippen LogP contribution in [0.25, 0.3) is 0 Å². The van der Waals surface area contributed by atoms with E-state index in [0.29, 0.717) is 12.2 Å². The Hall–Kier alpha value is -2.54. The van der Waals surface area contributed by atoms with E-state index >= 15 is 0 Å². The second-order valence-electron chi connectivity index (χ2n) is 4.65. The van der Waals surface area contributed by atoms with Gasteiger partial charge in [-0.3, -0.25) is 4.79 Å². The lowest BCUT2D eigenvalue weighted by atomic mass is 10.1. The molecule has 1 aromatic carbocycles. The summed E-state index contributed by atoms with van der Waals surface area (Å²) in [5, 5.41) is 10.3. The zero-order valence-corrected chi connectivity index (χ0v) is 11.5. The predicted octanol–water partition coefficient (Wildman–Crippen LogP) is 1.26. The van der Waals surface area contributed by atoms with E-state index in [1.165, 1.54) is 18.2 Å². The molecule has 0 fully saturated rings. The highest BCUT2D eigenvalue weighted by molar-refractivity contribution is 5.92. The molecule has 0 radical (unpaired) electrons. The lowest BCUT2D eigenvalue weighted by molar-refractivity contribution is 0.0934. The Morgan fingerprint density at radius 2 is 1.95 bits per heavy atom. The van der Waals surface area contributed by atoms with Crippen LogP contribution in [0.1, 0.15) is 23.0 Å². The van der Waals surface area contributed by atoms with Crippen molar-refractivity contribution in [2.75, 3.05) is 5.43 Å². The molecule has 0 spiro atoms. The molecule has 7 heteroatoms. The Balaban J connectivity index is 1.93. The number of rotatable bonds is 5. The lowest BCUT2D eigenvalue weighted by Crippen LogP contribution is -2.34. The van der Waals surface area contributed by atoms with Crippen molar-refractivity contribution in [3.05, 3.63) is 53.5 Å². The summed E-state index contributed by atoms with van der Waals surface area (Å²) in [4.78, 5) is 12.0. The van der Waals surface area contributed by atoms with Crippen LogP contribution in [0.5, 0.6) is 0 Å². The minimum atomic E-state index is -0.319. The number of hydrazine groups is 1. The Kier molecular flexibility index (Phi) is 4.78. The van der Waals surface area contributed by atoms with Crippen molar-refractivity contribution in [3.8, 4) is 0 Å². The van der Waals surface area contributed by atoms with Crippen molar-refractivity contribution in [3.63, 3.8) is 0 Å². The van der Waals surface area contributed by atoms with Crippen LogP contribution in [0.15, 0.2) is 36.4 Å². The molecule has 110 valence electrons. The molecule has 0 saturated heterocycles. The third kappa shape index (κ3) is 4.22. The Morgan fingerprint density at radius 1 is 1.24 bits per heavy atom. The minimum Gasteiger partial charge on any atom is -0.348 e. The van der Waals surface area contributed by atoms with Gasteiger partial charge in [-0.2, -0.15) is 0 Å². The topological polar surface area (TPSA) is 92.9 Å². The largest absolute Gasteiger partial charge is 0.348 e. The normalized spacial score (nSPS) is 11.8. The van der Waals surface area contributed by atoms with E-state index in [-0.39, 0.29) is 23.5 Å². The first kappa shape index (κ1) is 14.9. The van der Waals surface area contributed by atoms with Crippen molar-refractivity contribution in [1.29, 1.82) is 0 Å². The van der Waals surface area contributed by atoms with Gasteiger partial charge in [0, 0.05) is 6.04 Å². The van der Waals surface area contributed by atoms with Crippen LogP contribution in [0.2, 0.25) is 0 Å². The summed E-state index contributed by atoms with van der Waals surface area (Å²) in [5.41, 5.74) is 3.49. The maximum absolute atomic E-state index is 12.8. The summed E-state index contributed by atoms with van der Waals surface area (Å²) in [7, 11) is 0. The van der Waals surface area contributed by atoms with Crippen molar-refractivity contribution < 1.29 is 9.18 Å². The second kappa shape index (κ2) is 6.76. The zero-order valence-electron chi connectivity index (χ0n) is 11.5. The molecule has 0 aliphatic rings. The van der Waals surface area contributed by atoms with Gasteiger partial charge in [0.05, 0.1) is 0 Å². The molecule has 1 unspecified atom stereocenters. The number of carbonyl (C=O) groups excluding carboxylic acids is 1. The molecular weight excluding hydrogens is 273 g/mol. The fourth-order valence-corrected chi connectivity index (χ4v) is 1.85. The summed E-state index contributed by atoms with van der Waals surface area (Å²) in [6.45, 7) is 1.87. The van der Waals surface area contributed by atoms with Crippen LogP contribution in [0, 0.1) is 5.82 Å². The summed E-state index contributed by atoms with van der Waals surface area (Å²) in [6.07, 6.45) is 0.599. The standard InChI is InChI=1S/C14H16FN5O/c1-9(8-10-2-4-11(15)5-3-10)17-14(21)12-6-7-13(18-16)20-19-12/h2-7,9H,8,16H2,1H3,(H,17,21)(H,18,20). The van der Waals surface area contributed by atoms with E-state index < -0.39 is 0 Å². The molecule has 0 saturated carbocycles. The van der Waals surface area contributed by atoms with Gasteiger partial charge < -0.3 is 10.7 Å². The molecule has 6 nitrogen and oxygen atoms in total. The van der Waals surface area contributed by atoms with Crippen LogP contribution in [0.4, 0.5) is 10.2 Å². The molecule has 21 heavy (non-hydrogen) atoms. The van der Waals surface area contributed by atoms with Gasteiger partial charge in [-0.1, -0.05) is 12.1 Å². The summed E-state index contributed by atoms with van der Waals surface area (Å²) in [6, 6.07) is 9.16. The number of hydrogen-bond acceptors (Lipinski definition) is 5. The van der Waals surface area contributed by atoms with Gasteiger partial charge in [-0.05, 0) is 43.2 Å². The molecule has 1 aromatic heterocycles. The molecule has 2 rings (SSSR count). The van der Waals surface area contributed by atoms with Crippen molar-refractivity contribution >= 4 is 11.7 Å². The zero-order chi connectivity index (χ0) is 15.2. The fraction of sp³-hybridized carbons (Fsp3) is 0.214. The number of anilines is 1. The Morgan fingerprint density at radius 3 is 2.52 bits per heavy atom. The maximum atomic E-state index is 12.8. The van der Waals surface area contributed by atoms with Gasteiger partial charge in [0.15, 0.2) is 11.5 Å². The summed E-state index contributed by atoms with van der Waals surface area (Å²) in [5.74, 6) is 4.96. The van der Waals surface area contributed by atoms with E-state index in [4.69, 9.17) is 5.84 Å². The van der Waals surface area contributed by atoms with Crippen LogP contribution in [0.3, 0.4) is 0 Å². The second-order valence-corrected chi connectivity index (χ2v) is 4.65.